The number of thiophene rings is 1. The summed E-state index contributed by atoms with van der Waals surface area (Å²) < 4.78 is 5.49. The van der Waals surface area contributed by atoms with Crippen LogP contribution in [0.2, 0.25) is 0 Å². The molecule has 1 aliphatic carbocycles. The van der Waals surface area contributed by atoms with Gasteiger partial charge in [0.1, 0.15) is 11.0 Å². The lowest BCUT2D eigenvalue weighted by atomic mass is 9.82. The standard InChI is InChI=1S/C27H39N3O6S/c1-16-5-7-17(8-6-16)24(32)30(20-14-21(27(2,3)4)37-23(20)25(33)34)18-9-11-29(12-10-18)26(35)36-19-13-22(31)28-15-19/h14,16-19H,5-13,15H2,1-4H3,(H,28,31)(H,33,34)/t16?,17?,19-/m0/s1. The maximum atomic E-state index is 14.0. The molecule has 3 fully saturated rings. The molecule has 0 unspecified atom stereocenters. The zero-order chi connectivity index (χ0) is 26.9. The third-order valence-corrected chi connectivity index (χ3v) is 9.34. The Hall–Kier alpha value is -2.62. The Morgan fingerprint density at radius 1 is 1.11 bits per heavy atom. The second-order valence-corrected chi connectivity index (χ2v) is 12.8. The molecular formula is C27H39N3O6S. The molecule has 0 radical (unpaired) electrons. The van der Waals surface area contributed by atoms with Crippen molar-refractivity contribution in [3.05, 3.63) is 15.8 Å². The zero-order valence-electron chi connectivity index (χ0n) is 22.2. The number of anilines is 1. The van der Waals surface area contributed by atoms with Gasteiger partial charge in [-0.15, -0.1) is 11.3 Å². The van der Waals surface area contributed by atoms with Crippen LogP contribution in [0.4, 0.5) is 10.5 Å². The smallest absolute Gasteiger partial charge is 0.410 e. The van der Waals surface area contributed by atoms with Crippen molar-refractivity contribution in [1.82, 2.24) is 10.2 Å². The van der Waals surface area contributed by atoms with E-state index >= 15 is 0 Å². The van der Waals surface area contributed by atoms with E-state index in [1.54, 1.807) is 9.80 Å². The number of piperidine rings is 1. The Labute approximate surface area is 222 Å². The third kappa shape index (κ3) is 6.27. The van der Waals surface area contributed by atoms with Crippen LogP contribution in [0.15, 0.2) is 6.07 Å². The van der Waals surface area contributed by atoms with Crippen molar-refractivity contribution < 1.29 is 29.0 Å². The minimum absolute atomic E-state index is 0.00391. The first kappa shape index (κ1) is 27.4. The third-order valence-electron chi connectivity index (χ3n) is 7.80. The summed E-state index contributed by atoms with van der Waals surface area (Å²) in [5.74, 6) is -0.663. The van der Waals surface area contributed by atoms with Gasteiger partial charge in [-0.1, -0.05) is 27.7 Å². The van der Waals surface area contributed by atoms with Gasteiger partial charge in [-0.2, -0.15) is 0 Å². The molecule has 4 rings (SSSR count). The summed E-state index contributed by atoms with van der Waals surface area (Å²) in [5.41, 5.74) is 0.244. The van der Waals surface area contributed by atoms with Gasteiger partial charge in [0.25, 0.3) is 0 Å². The normalized spacial score (nSPS) is 25.0. The summed E-state index contributed by atoms with van der Waals surface area (Å²) in [6, 6.07) is 1.69. The SMILES string of the molecule is CC1CCC(C(=O)N(c2cc(C(C)(C)C)sc2C(=O)O)C2CCN(C(=O)O[C@@H]3CNC(=O)C3)CC2)CC1. The van der Waals surface area contributed by atoms with Gasteiger partial charge in [0, 0.05) is 29.9 Å². The van der Waals surface area contributed by atoms with Crippen molar-refractivity contribution in [2.45, 2.75) is 90.2 Å². The molecule has 204 valence electrons. The highest BCUT2D eigenvalue weighted by molar-refractivity contribution is 7.14. The van der Waals surface area contributed by atoms with Crippen LogP contribution in [0.25, 0.3) is 0 Å². The van der Waals surface area contributed by atoms with Crippen molar-refractivity contribution in [2.24, 2.45) is 11.8 Å². The molecular weight excluding hydrogens is 494 g/mol. The van der Waals surface area contributed by atoms with E-state index in [9.17, 15) is 24.3 Å². The number of carbonyl (C=O) groups excluding carboxylic acids is 3. The molecule has 1 aromatic heterocycles. The van der Waals surface area contributed by atoms with Crippen LogP contribution in [0.1, 0.15) is 87.2 Å². The fourth-order valence-corrected chi connectivity index (χ4v) is 6.51. The van der Waals surface area contributed by atoms with Gasteiger partial charge in [-0.25, -0.2) is 9.59 Å². The number of hydrogen-bond acceptors (Lipinski definition) is 6. The van der Waals surface area contributed by atoms with Crippen molar-refractivity contribution >= 4 is 40.9 Å². The van der Waals surface area contributed by atoms with Gasteiger partial charge in [0.2, 0.25) is 11.8 Å². The fraction of sp³-hybridized carbons (Fsp3) is 0.704. The minimum Gasteiger partial charge on any atom is -0.477 e. The average molecular weight is 534 g/mol. The Balaban J connectivity index is 1.55. The number of rotatable bonds is 5. The van der Waals surface area contributed by atoms with E-state index in [0.29, 0.717) is 44.1 Å². The topological polar surface area (TPSA) is 116 Å². The Kier molecular flexibility index (Phi) is 8.16. The van der Waals surface area contributed by atoms with Gasteiger partial charge < -0.3 is 25.0 Å². The van der Waals surface area contributed by atoms with E-state index in [1.165, 1.54) is 11.3 Å². The monoisotopic (exact) mass is 533 g/mol. The number of amides is 3. The molecule has 3 heterocycles. The van der Waals surface area contributed by atoms with Crippen molar-refractivity contribution in [3.8, 4) is 0 Å². The minimum atomic E-state index is -1.02. The first-order valence-electron chi connectivity index (χ1n) is 13.4. The van der Waals surface area contributed by atoms with Crippen LogP contribution in [0.3, 0.4) is 0 Å². The highest BCUT2D eigenvalue weighted by Crippen LogP contribution is 2.41. The molecule has 37 heavy (non-hydrogen) atoms. The van der Waals surface area contributed by atoms with E-state index in [-0.39, 0.29) is 40.5 Å². The van der Waals surface area contributed by atoms with E-state index in [4.69, 9.17) is 4.74 Å². The lowest BCUT2D eigenvalue weighted by molar-refractivity contribution is -0.124. The maximum absolute atomic E-state index is 14.0. The highest BCUT2D eigenvalue weighted by atomic mass is 32.1. The van der Waals surface area contributed by atoms with Gasteiger partial charge in [0.05, 0.1) is 18.7 Å². The quantitative estimate of drug-likeness (QED) is 0.580. The predicted octanol–water partition coefficient (Wildman–Crippen LogP) is 4.39. The first-order chi connectivity index (χ1) is 17.4. The number of nitrogens with zero attached hydrogens (tertiary/aromatic N) is 2. The van der Waals surface area contributed by atoms with Crippen LogP contribution in [0, 0.1) is 11.8 Å². The molecule has 1 atom stereocenters. The predicted molar refractivity (Wildman–Crippen MR) is 141 cm³/mol. The zero-order valence-corrected chi connectivity index (χ0v) is 23.1. The number of carboxylic acid groups (broad SMARTS) is 1. The summed E-state index contributed by atoms with van der Waals surface area (Å²) in [7, 11) is 0. The second kappa shape index (κ2) is 11.0. The van der Waals surface area contributed by atoms with Gasteiger partial charge >= 0.3 is 12.1 Å². The van der Waals surface area contributed by atoms with Crippen LogP contribution < -0.4 is 10.2 Å². The summed E-state index contributed by atoms with van der Waals surface area (Å²) in [6.07, 6.45) is 3.96. The molecule has 2 aliphatic heterocycles. The van der Waals surface area contributed by atoms with Gasteiger partial charge in [-0.3, -0.25) is 9.59 Å². The molecule has 3 aliphatic rings. The lowest BCUT2D eigenvalue weighted by Gasteiger charge is -2.40. The van der Waals surface area contributed by atoms with E-state index < -0.39 is 18.2 Å². The maximum Gasteiger partial charge on any atom is 0.410 e. The summed E-state index contributed by atoms with van der Waals surface area (Å²) in [5, 5.41) is 12.7. The highest BCUT2D eigenvalue weighted by Gasteiger charge is 2.39. The Morgan fingerprint density at radius 2 is 1.76 bits per heavy atom. The number of ether oxygens (including phenoxy) is 1. The molecule has 2 N–H and O–H groups in total. The summed E-state index contributed by atoms with van der Waals surface area (Å²) >= 11 is 1.24. The molecule has 2 saturated heterocycles. The number of nitrogens with one attached hydrogen (secondary N) is 1. The molecule has 3 amide bonds. The molecule has 0 aromatic carbocycles. The molecule has 9 nitrogen and oxygen atoms in total. The van der Waals surface area contributed by atoms with Crippen molar-refractivity contribution in [1.29, 1.82) is 0 Å². The van der Waals surface area contributed by atoms with Crippen LogP contribution in [0.5, 0.6) is 0 Å². The number of hydrogen-bond donors (Lipinski definition) is 2. The van der Waals surface area contributed by atoms with Crippen molar-refractivity contribution in [2.75, 3.05) is 24.5 Å². The van der Waals surface area contributed by atoms with Crippen molar-refractivity contribution in [3.63, 3.8) is 0 Å². The Bertz CT molecular complexity index is 1030. The number of carbonyl (C=O) groups is 4. The van der Waals surface area contributed by atoms with Crippen LogP contribution in [-0.4, -0.2) is 65.7 Å². The fourth-order valence-electron chi connectivity index (χ4n) is 5.47. The second-order valence-electron chi connectivity index (χ2n) is 11.8. The molecule has 1 aromatic rings. The van der Waals surface area contributed by atoms with Crippen LogP contribution >= 0.6 is 11.3 Å². The average Bonchev–Trinajstić information content (AvgIpc) is 3.46. The summed E-state index contributed by atoms with van der Waals surface area (Å²) in [6.45, 7) is 9.47. The van der Waals surface area contributed by atoms with E-state index in [1.807, 2.05) is 26.8 Å². The largest absolute Gasteiger partial charge is 0.477 e. The molecule has 1 saturated carbocycles. The molecule has 10 heteroatoms. The van der Waals surface area contributed by atoms with E-state index in [0.717, 1.165) is 30.6 Å². The summed E-state index contributed by atoms with van der Waals surface area (Å²) in [4.78, 5) is 54.9. The molecule has 0 bridgehead atoms. The first-order valence-corrected chi connectivity index (χ1v) is 14.2. The molecule has 0 spiro atoms. The van der Waals surface area contributed by atoms with E-state index in [2.05, 4.69) is 12.2 Å². The van der Waals surface area contributed by atoms with Crippen LogP contribution in [-0.2, 0) is 19.7 Å². The van der Waals surface area contributed by atoms with Gasteiger partial charge in [0.15, 0.2) is 0 Å². The number of carboxylic acids is 1. The Morgan fingerprint density at radius 3 is 2.30 bits per heavy atom. The number of aromatic carboxylic acids is 1. The van der Waals surface area contributed by atoms with Gasteiger partial charge in [-0.05, 0) is 55.9 Å². The lowest BCUT2D eigenvalue weighted by Crippen LogP contribution is -2.51. The number of likely N-dealkylation sites (tertiary alicyclic amines) is 1.